The molecule has 1 aliphatic rings. The average molecular weight is 454 g/mol. The summed E-state index contributed by atoms with van der Waals surface area (Å²) in [5.41, 5.74) is -0.866. The number of hydrogen-bond donors (Lipinski definition) is 0. The first kappa shape index (κ1) is 18.5. The third-order valence-corrected chi connectivity index (χ3v) is 7.63. The molecular formula is C14H19BBr2O4S. The molecule has 0 spiro atoms. The second-order valence-electron chi connectivity index (χ2n) is 6.28. The van der Waals surface area contributed by atoms with E-state index in [4.69, 9.17) is 14.0 Å². The van der Waals surface area contributed by atoms with Crippen LogP contribution in [0.1, 0.15) is 44.8 Å². The van der Waals surface area contributed by atoms with Crippen LogP contribution in [-0.2, 0) is 18.8 Å². The molecule has 122 valence electrons. The number of hydrogen-bond acceptors (Lipinski definition) is 5. The van der Waals surface area contributed by atoms with E-state index >= 15 is 0 Å². The minimum atomic E-state index is -0.485. The summed E-state index contributed by atoms with van der Waals surface area (Å²) in [7, 11) is 0.908. The summed E-state index contributed by atoms with van der Waals surface area (Å²) in [6.45, 7) is 8.01. The molecule has 8 heteroatoms. The molecule has 1 atom stereocenters. The van der Waals surface area contributed by atoms with Crippen LogP contribution in [0.4, 0.5) is 0 Å². The number of methoxy groups -OCH3 is 1. The molecule has 1 aromatic heterocycles. The average Bonchev–Trinajstić information content (AvgIpc) is 2.83. The van der Waals surface area contributed by atoms with Crippen molar-refractivity contribution in [1.29, 1.82) is 0 Å². The van der Waals surface area contributed by atoms with E-state index in [0.717, 1.165) is 13.1 Å². The summed E-state index contributed by atoms with van der Waals surface area (Å²) in [5, 5.41) is 0. The topological polar surface area (TPSA) is 44.8 Å². The predicted molar refractivity (Wildman–Crippen MR) is 95.2 cm³/mol. The summed E-state index contributed by atoms with van der Waals surface area (Å²) in [6, 6.07) is 1.99. The Kier molecular flexibility index (Phi) is 5.49. The van der Waals surface area contributed by atoms with Crippen LogP contribution in [-0.4, -0.2) is 31.4 Å². The van der Waals surface area contributed by atoms with E-state index in [1.165, 1.54) is 7.11 Å². The molecule has 2 rings (SSSR count). The number of esters is 1. The highest BCUT2D eigenvalue weighted by molar-refractivity contribution is 9.13. The SMILES string of the molecule is COC(=O)CC(B1OC(C)(C)C(C)(C)O1)c1cc(Br)c(Br)s1. The second kappa shape index (κ2) is 6.55. The molecule has 1 unspecified atom stereocenters. The minimum absolute atomic E-state index is 0.207. The molecule has 0 N–H and O–H groups in total. The van der Waals surface area contributed by atoms with E-state index in [2.05, 4.69) is 31.9 Å². The van der Waals surface area contributed by atoms with Crippen molar-refractivity contribution in [2.24, 2.45) is 0 Å². The van der Waals surface area contributed by atoms with Gasteiger partial charge >= 0.3 is 13.1 Å². The molecule has 2 heterocycles. The van der Waals surface area contributed by atoms with Crippen molar-refractivity contribution >= 4 is 56.3 Å². The Labute approximate surface area is 152 Å². The Balaban J connectivity index is 2.32. The highest BCUT2D eigenvalue weighted by Gasteiger charge is 2.54. The van der Waals surface area contributed by atoms with Gasteiger partial charge in [-0.3, -0.25) is 4.79 Å². The Morgan fingerprint density at radius 1 is 1.32 bits per heavy atom. The van der Waals surface area contributed by atoms with Gasteiger partial charge in [0, 0.05) is 15.2 Å². The molecule has 0 amide bonds. The first-order chi connectivity index (χ1) is 10.1. The lowest BCUT2D eigenvalue weighted by Crippen LogP contribution is -2.41. The van der Waals surface area contributed by atoms with Crippen LogP contribution in [0.15, 0.2) is 14.3 Å². The van der Waals surface area contributed by atoms with Gasteiger partial charge in [0.15, 0.2) is 0 Å². The first-order valence-corrected chi connectivity index (χ1v) is 9.35. The zero-order valence-electron chi connectivity index (χ0n) is 13.2. The molecule has 1 saturated heterocycles. The van der Waals surface area contributed by atoms with Crippen molar-refractivity contribution in [1.82, 2.24) is 0 Å². The molecular weight excluding hydrogens is 435 g/mol. The highest BCUT2D eigenvalue weighted by atomic mass is 79.9. The third-order valence-electron chi connectivity index (χ3n) is 4.24. The maximum Gasteiger partial charge on any atom is 0.467 e. The van der Waals surface area contributed by atoms with Crippen LogP contribution in [0.25, 0.3) is 0 Å². The first-order valence-electron chi connectivity index (χ1n) is 6.94. The van der Waals surface area contributed by atoms with E-state index in [-0.39, 0.29) is 18.2 Å². The number of carbonyl (C=O) groups is 1. The number of ether oxygens (including phenoxy) is 1. The Bertz CT molecular complexity index is 538. The van der Waals surface area contributed by atoms with Gasteiger partial charge in [-0.05, 0) is 65.6 Å². The van der Waals surface area contributed by atoms with Crippen molar-refractivity contribution in [3.63, 3.8) is 0 Å². The van der Waals surface area contributed by atoms with Crippen LogP contribution >= 0.6 is 43.2 Å². The number of carbonyl (C=O) groups excluding carboxylic acids is 1. The van der Waals surface area contributed by atoms with Gasteiger partial charge in [-0.1, -0.05) is 0 Å². The van der Waals surface area contributed by atoms with E-state index in [0.29, 0.717) is 0 Å². The maximum absolute atomic E-state index is 11.8. The zero-order chi connectivity index (χ0) is 16.7. The summed E-state index contributed by atoms with van der Waals surface area (Å²) in [5.74, 6) is -0.485. The molecule has 22 heavy (non-hydrogen) atoms. The lowest BCUT2D eigenvalue weighted by Gasteiger charge is -2.32. The molecule has 1 aromatic rings. The third kappa shape index (κ3) is 3.61. The van der Waals surface area contributed by atoms with Gasteiger partial charge in [-0.15, -0.1) is 11.3 Å². The highest BCUT2D eigenvalue weighted by Crippen LogP contribution is 2.45. The van der Waals surface area contributed by atoms with Gasteiger partial charge in [-0.2, -0.15) is 0 Å². The normalized spacial score (nSPS) is 21.0. The number of rotatable bonds is 4. The molecule has 0 aromatic carbocycles. The number of halogens is 2. The molecule has 0 saturated carbocycles. The molecule has 0 radical (unpaired) electrons. The Morgan fingerprint density at radius 2 is 1.86 bits per heavy atom. The molecule has 0 aliphatic carbocycles. The molecule has 1 aliphatic heterocycles. The lowest BCUT2D eigenvalue weighted by molar-refractivity contribution is -0.140. The summed E-state index contributed by atoms with van der Waals surface area (Å²) < 4.78 is 19.0. The largest absolute Gasteiger partial charge is 0.469 e. The predicted octanol–water partition coefficient (Wildman–Crippen LogP) is 4.55. The van der Waals surface area contributed by atoms with Crippen LogP contribution in [0.5, 0.6) is 0 Å². The quantitative estimate of drug-likeness (QED) is 0.495. The fourth-order valence-corrected chi connectivity index (χ4v) is 4.39. The van der Waals surface area contributed by atoms with Gasteiger partial charge in [0.05, 0.1) is 28.5 Å². The monoisotopic (exact) mass is 452 g/mol. The minimum Gasteiger partial charge on any atom is -0.469 e. The lowest BCUT2D eigenvalue weighted by atomic mass is 9.69. The summed E-state index contributed by atoms with van der Waals surface area (Å²) in [6.07, 6.45) is 0.215. The van der Waals surface area contributed by atoms with E-state index in [1.54, 1.807) is 11.3 Å². The molecule has 1 fully saturated rings. The smallest absolute Gasteiger partial charge is 0.467 e. The van der Waals surface area contributed by atoms with Crippen molar-refractivity contribution < 1.29 is 18.8 Å². The summed E-state index contributed by atoms with van der Waals surface area (Å²) >= 11 is 8.55. The fraction of sp³-hybridized carbons (Fsp3) is 0.643. The molecule has 0 bridgehead atoms. The summed E-state index contributed by atoms with van der Waals surface area (Å²) in [4.78, 5) is 12.8. The fourth-order valence-electron chi connectivity index (χ4n) is 2.19. The van der Waals surface area contributed by atoms with Crippen molar-refractivity contribution in [2.45, 2.75) is 51.1 Å². The zero-order valence-corrected chi connectivity index (χ0v) is 17.2. The number of thiophene rings is 1. The van der Waals surface area contributed by atoms with Crippen LogP contribution in [0.2, 0.25) is 0 Å². The Morgan fingerprint density at radius 3 is 2.27 bits per heavy atom. The van der Waals surface area contributed by atoms with Crippen LogP contribution in [0.3, 0.4) is 0 Å². The maximum atomic E-state index is 11.8. The van der Waals surface area contributed by atoms with Gasteiger partial charge in [0.2, 0.25) is 0 Å². The Hall–Kier alpha value is 0.115. The van der Waals surface area contributed by atoms with Crippen LogP contribution < -0.4 is 0 Å². The van der Waals surface area contributed by atoms with Crippen molar-refractivity contribution in [3.05, 3.63) is 19.2 Å². The van der Waals surface area contributed by atoms with Gasteiger partial charge in [0.25, 0.3) is 0 Å². The van der Waals surface area contributed by atoms with Gasteiger partial charge in [0.1, 0.15) is 0 Å². The van der Waals surface area contributed by atoms with E-state index in [9.17, 15) is 4.79 Å². The van der Waals surface area contributed by atoms with E-state index < -0.39 is 18.3 Å². The van der Waals surface area contributed by atoms with Gasteiger partial charge < -0.3 is 14.0 Å². The van der Waals surface area contributed by atoms with Gasteiger partial charge in [-0.25, -0.2) is 0 Å². The second-order valence-corrected chi connectivity index (χ2v) is 9.54. The van der Waals surface area contributed by atoms with Crippen molar-refractivity contribution in [2.75, 3.05) is 7.11 Å². The van der Waals surface area contributed by atoms with Crippen molar-refractivity contribution in [3.8, 4) is 0 Å². The van der Waals surface area contributed by atoms with Crippen LogP contribution in [0, 0.1) is 0 Å². The standard InChI is InChI=1S/C14H19BBr2O4S/c1-13(2)14(3,4)21-15(20-13)8(6-11(18)19-5)10-7-9(16)12(17)22-10/h7-8H,6H2,1-5H3. The van der Waals surface area contributed by atoms with E-state index in [1.807, 2.05) is 33.8 Å². The molecule has 4 nitrogen and oxygen atoms in total.